The number of rotatable bonds is 5. The molecule has 70 valence electrons. The molecule has 0 rings (SSSR count). The summed E-state index contributed by atoms with van der Waals surface area (Å²) in [6.45, 7) is 2.32. The Bertz CT molecular complexity index is 155. The monoisotopic (exact) mass is 210 g/mol. The highest BCUT2D eigenvalue weighted by Gasteiger charge is 2.11. The van der Waals surface area contributed by atoms with Crippen LogP contribution in [0.2, 0.25) is 0 Å². The Morgan fingerprint density at radius 1 is 1.58 bits per heavy atom. The molecule has 0 amide bonds. The van der Waals surface area contributed by atoms with E-state index in [0.717, 1.165) is 12.8 Å². The first-order valence-corrected chi connectivity index (χ1v) is 4.61. The first-order chi connectivity index (χ1) is 5.68. The zero-order chi connectivity index (χ0) is 9.40. The van der Waals surface area contributed by atoms with Crippen molar-refractivity contribution in [1.82, 2.24) is 0 Å². The molecule has 0 saturated carbocycles. The number of hydrogen-bond acceptors (Lipinski definition) is 2. The third-order valence-electron chi connectivity index (χ3n) is 1.17. The predicted octanol–water partition coefficient (Wildman–Crippen LogP) is 2.69. The number of carbonyl (C=O) groups excluding carboxylic acids is 1. The molecule has 0 radical (unpaired) electrons. The van der Waals surface area contributed by atoms with Gasteiger partial charge < -0.3 is 4.74 Å². The van der Waals surface area contributed by atoms with Crippen LogP contribution in [-0.4, -0.2) is 17.4 Å². The fraction of sp³-hybridized carbons (Fsp3) is 0.625. The van der Waals surface area contributed by atoms with Crippen LogP contribution in [0.4, 0.5) is 0 Å². The van der Waals surface area contributed by atoms with E-state index in [1.807, 2.05) is 19.1 Å². The number of ether oxygens (including phenoxy) is 1. The third-order valence-corrected chi connectivity index (χ3v) is 1.53. The van der Waals surface area contributed by atoms with Gasteiger partial charge in [0.05, 0.1) is 6.61 Å². The average Bonchev–Trinajstić information content (AvgIpc) is 2.03. The second-order valence-corrected chi connectivity index (χ2v) is 3.28. The molecule has 0 aromatic carbocycles. The summed E-state index contributed by atoms with van der Waals surface area (Å²) in [6, 6.07) is 0. The molecule has 0 aliphatic rings. The van der Waals surface area contributed by atoms with Gasteiger partial charge in [-0.15, -0.1) is 0 Å². The molecular formula is C8H12Cl2O2. The van der Waals surface area contributed by atoms with E-state index in [2.05, 4.69) is 0 Å². The van der Waals surface area contributed by atoms with E-state index >= 15 is 0 Å². The fourth-order valence-electron chi connectivity index (χ4n) is 0.604. The number of halogens is 2. The molecule has 0 heterocycles. The minimum absolute atomic E-state index is 0.374. The standard InChI is InChI=1S/C8H12Cl2O2/c1-2-3-4-5-6-12-8(11)7(9)10/h2-3,7H,4-6H2,1H3/b3-2+. The van der Waals surface area contributed by atoms with Crippen molar-refractivity contribution < 1.29 is 9.53 Å². The molecule has 0 aromatic rings. The molecule has 0 spiro atoms. The summed E-state index contributed by atoms with van der Waals surface area (Å²) in [6.07, 6.45) is 5.66. The third kappa shape index (κ3) is 6.50. The first-order valence-electron chi connectivity index (χ1n) is 3.74. The molecule has 0 aliphatic heterocycles. The molecular weight excluding hydrogens is 199 g/mol. The maximum Gasteiger partial charge on any atom is 0.339 e. The molecule has 2 nitrogen and oxygen atoms in total. The van der Waals surface area contributed by atoms with Crippen LogP contribution in [0.25, 0.3) is 0 Å². The van der Waals surface area contributed by atoms with Gasteiger partial charge in [-0.2, -0.15) is 0 Å². The number of unbranched alkanes of at least 4 members (excludes halogenated alkanes) is 1. The van der Waals surface area contributed by atoms with Crippen molar-refractivity contribution in [2.24, 2.45) is 0 Å². The molecule has 0 fully saturated rings. The van der Waals surface area contributed by atoms with E-state index < -0.39 is 10.8 Å². The lowest BCUT2D eigenvalue weighted by Gasteiger charge is -2.02. The number of hydrogen-bond donors (Lipinski definition) is 0. The van der Waals surface area contributed by atoms with E-state index in [1.54, 1.807) is 0 Å². The minimum Gasteiger partial charge on any atom is -0.464 e. The Morgan fingerprint density at radius 2 is 2.25 bits per heavy atom. The van der Waals surface area contributed by atoms with E-state index in [4.69, 9.17) is 27.9 Å². The minimum atomic E-state index is -1.06. The van der Waals surface area contributed by atoms with Crippen molar-refractivity contribution in [3.05, 3.63) is 12.2 Å². The fourth-order valence-corrected chi connectivity index (χ4v) is 0.730. The summed E-state index contributed by atoms with van der Waals surface area (Å²) in [4.78, 5) is 9.61. The van der Waals surface area contributed by atoms with Gasteiger partial charge in [-0.05, 0) is 19.8 Å². The van der Waals surface area contributed by atoms with Crippen LogP contribution in [0.1, 0.15) is 19.8 Å². The quantitative estimate of drug-likeness (QED) is 0.302. The smallest absolute Gasteiger partial charge is 0.339 e. The molecule has 0 aliphatic carbocycles. The molecule has 0 unspecified atom stereocenters. The maximum absolute atomic E-state index is 10.7. The highest BCUT2D eigenvalue weighted by molar-refractivity contribution is 6.52. The first kappa shape index (κ1) is 11.8. The van der Waals surface area contributed by atoms with Crippen LogP contribution in [0, 0.1) is 0 Å². The summed E-state index contributed by atoms with van der Waals surface area (Å²) < 4.78 is 4.71. The van der Waals surface area contributed by atoms with Crippen molar-refractivity contribution in [3.8, 4) is 0 Å². The van der Waals surface area contributed by atoms with Gasteiger partial charge in [0.25, 0.3) is 0 Å². The van der Waals surface area contributed by atoms with Gasteiger partial charge in [0.15, 0.2) is 0 Å². The van der Waals surface area contributed by atoms with Gasteiger partial charge >= 0.3 is 5.97 Å². The largest absolute Gasteiger partial charge is 0.464 e. The second kappa shape index (κ2) is 7.44. The normalized spacial score (nSPS) is 11.0. The van der Waals surface area contributed by atoms with E-state index in [-0.39, 0.29) is 0 Å². The van der Waals surface area contributed by atoms with Crippen LogP contribution in [0.15, 0.2) is 12.2 Å². The topological polar surface area (TPSA) is 26.3 Å². The van der Waals surface area contributed by atoms with E-state index in [0.29, 0.717) is 6.61 Å². The Balaban J connectivity index is 3.26. The lowest BCUT2D eigenvalue weighted by Crippen LogP contribution is -2.12. The van der Waals surface area contributed by atoms with Gasteiger partial charge in [-0.3, -0.25) is 0 Å². The van der Waals surface area contributed by atoms with Gasteiger partial charge in [0, 0.05) is 0 Å². The van der Waals surface area contributed by atoms with Crippen LogP contribution < -0.4 is 0 Å². The maximum atomic E-state index is 10.7. The molecule has 4 heteroatoms. The predicted molar refractivity (Wildman–Crippen MR) is 50.5 cm³/mol. The molecule has 12 heavy (non-hydrogen) atoms. The van der Waals surface area contributed by atoms with E-state index in [9.17, 15) is 4.79 Å². The Labute approximate surface area is 82.5 Å². The Kier molecular flexibility index (Phi) is 7.31. The summed E-state index contributed by atoms with van der Waals surface area (Å²) in [5, 5.41) is 0. The summed E-state index contributed by atoms with van der Waals surface area (Å²) in [7, 11) is 0. The Morgan fingerprint density at radius 3 is 2.75 bits per heavy atom. The number of allylic oxidation sites excluding steroid dienone is 2. The molecule has 0 aromatic heterocycles. The number of esters is 1. The Hall–Kier alpha value is -0.210. The van der Waals surface area contributed by atoms with Crippen LogP contribution in [-0.2, 0) is 9.53 Å². The highest BCUT2D eigenvalue weighted by atomic mass is 35.5. The summed E-state index contributed by atoms with van der Waals surface area (Å²) in [5.41, 5.74) is 0. The average molecular weight is 211 g/mol. The van der Waals surface area contributed by atoms with Crippen molar-refractivity contribution in [2.45, 2.75) is 24.6 Å². The zero-order valence-corrected chi connectivity index (χ0v) is 8.44. The van der Waals surface area contributed by atoms with Gasteiger partial charge in [0.1, 0.15) is 0 Å². The summed E-state index contributed by atoms with van der Waals surface area (Å²) >= 11 is 10.5. The van der Waals surface area contributed by atoms with Gasteiger partial charge in [-0.1, -0.05) is 35.4 Å². The summed E-state index contributed by atoms with van der Waals surface area (Å²) in [5.74, 6) is -0.571. The molecule has 0 atom stereocenters. The zero-order valence-electron chi connectivity index (χ0n) is 6.93. The molecule has 0 saturated heterocycles. The van der Waals surface area contributed by atoms with E-state index in [1.165, 1.54) is 0 Å². The van der Waals surface area contributed by atoms with Crippen molar-refractivity contribution >= 4 is 29.2 Å². The number of alkyl halides is 2. The lowest BCUT2D eigenvalue weighted by molar-refractivity contribution is -0.141. The number of carbonyl (C=O) groups is 1. The van der Waals surface area contributed by atoms with Crippen LogP contribution in [0.5, 0.6) is 0 Å². The van der Waals surface area contributed by atoms with Gasteiger partial charge in [-0.25, -0.2) is 4.79 Å². The lowest BCUT2D eigenvalue weighted by atomic mass is 10.3. The van der Waals surface area contributed by atoms with Crippen molar-refractivity contribution in [1.29, 1.82) is 0 Å². The van der Waals surface area contributed by atoms with Crippen LogP contribution in [0.3, 0.4) is 0 Å². The van der Waals surface area contributed by atoms with Crippen molar-refractivity contribution in [3.63, 3.8) is 0 Å². The van der Waals surface area contributed by atoms with Crippen LogP contribution >= 0.6 is 23.2 Å². The van der Waals surface area contributed by atoms with Crippen molar-refractivity contribution in [2.75, 3.05) is 6.61 Å². The second-order valence-electron chi connectivity index (χ2n) is 2.18. The van der Waals surface area contributed by atoms with Gasteiger partial charge in [0.2, 0.25) is 4.84 Å². The molecule has 0 N–H and O–H groups in total. The molecule has 0 bridgehead atoms. The SMILES string of the molecule is C/C=C/CCCOC(=O)C(Cl)Cl. The highest BCUT2D eigenvalue weighted by Crippen LogP contribution is 2.04.